The number of aryl methyl sites for hydroxylation is 3. The van der Waals surface area contributed by atoms with E-state index in [1.165, 1.54) is 11.8 Å². The van der Waals surface area contributed by atoms with E-state index in [1.54, 1.807) is 13.1 Å². The average Bonchev–Trinajstić information content (AvgIpc) is 2.63. The number of aliphatic hydroxyl groups excluding tert-OH is 2. The molecule has 2 aromatic rings. The van der Waals surface area contributed by atoms with E-state index >= 15 is 0 Å². The highest BCUT2D eigenvalue weighted by atomic mass is 16.5. The van der Waals surface area contributed by atoms with Gasteiger partial charge in [0.05, 0.1) is 18.5 Å². The first-order valence-corrected chi connectivity index (χ1v) is 8.61. The summed E-state index contributed by atoms with van der Waals surface area (Å²) in [5, 5.41) is 17.5. The third kappa shape index (κ3) is 14.0. The second-order valence-electron chi connectivity index (χ2n) is 4.62. The van der Waals surface area contributed by atoms with Crippen LogP contribution in [0.25, 0.3) is 0 Å². The molecule has 1 atom stereocenters. The van der Waals surface area contributed by atoms with Gasteiger partial charge in [-0.15, -0.1) is 0 Å². The Hall–Kier alpha value is -2.05. The standard InChI is InChI=1S/C8H12N2O3.C7H9N.2C2H6/c1-6-2-9-3-8(10-6)13-5-7(12)4-11;1-6-3-4-8-7(2)5-6;2*1-2/h2-3,7,11-12H,4-5H2,1H3;3-5H,1-2H3;2*1-2H3. The summed E-state index contributed by atoms with van der Waals surface area (Å²) in [7, 11) is 0. The Morgan fingerprint density at radius 2 is 1.68 bits per heavy atom. The summed E-state index contributed by atoms with van der Waals surface area (Å²) >= 11 is 0. The molecule has 0 fully saturated rings. The van der Waals surface area contributed by atoms with Crippen molar-refractivity contribution in [1.82, 2.24) is 15.0 Å². The van der Waals surface area contributed by atoms with Crippen LogP contribution in [0, 0.1) is 20.8 Å². The fourth-order valence-electron chi connectivity index (χ4n) is 1.43. The largest absolute Gasteiger partial charge is 0.474 e. The molecule has 0 saturated heterocycles. The van der Waals surface area contributed by atoms with Crippen LogP contribution in [-0.4, -0.2) is 44.5 Å². The fraction of sp³-hybridized carbons (Fsp3) is 0.526. The predicted molar refractivity (Wildman–Crippen MR) is 102 cm³/mol. The lowest BCUT2D eigenvalue weighted by Gasteiger charge is -2.08. The van der Waals surface area contributed by atoms with Gasteiger partial charge in [-0.2, -0.15) is 0 Å². The molecule has 25 heavy (non-hydrogen) atoms. The van der Waals surface area contributed by atoms with Crippen LogP contribution in [-0.2, 0) is 0 Å². The smallest absolute Gasteiger partial charge is 0.232 e. The summed E-state index contributed by atoms with van der Waals surface area (Å²) in [6.45, 7) is 13.6. The average molecular weight is 351 g/mol. The maximum Gasteiger partial charge on any atom is 0.232 e. The molecule has 2 N–H and O–H groups in total. The normalized spacial score (nSPS) is 9.96. The van der Waals surface area contributed by atoms with E-state index in [1.807, 2.05) is 46.9 Å². The highest BCUT2D eigenvalue weighted by Crippen LogP contribution is 2.04. The van der Waals surface area contributed by atoms with Crippen LogP contribution in [0.4, 0.5) is 0 Å². The summed E-state index contributed by atoms with van der Waals surface area (Å²) in [6, 6.07) is 4.05. The molecule has 2 aromatic heterocycles. The summed E-state index contributed by atoms with van der Waals surface area (Å²) in [5.41, 5.74) is 3.11. The molecular formula is C19H33N3O3. The number of pyridine rings is 1. The van der Waals surface area contributed by atoms with Crippen molar-refractivity contribution >= 4 is 0 Å². The first kappa shape index (κ1) is 25.2. The lowest BCUT2D eigenvalue weighted by molar-refractivity contribution is 0.0519. The van der Waals surface area contributed by atoms with Gasteiger partial charge < -0.3 is 14.9 Å². The minimum Gasteiger partial charge on any atom is -0.474 e. The summed E-state index contributed by atoms with van der Waals surface area (Å²) in [4.78, 5) is 11.9. The van der Waals surface area contributed by atoms with Crippen LogP contribution in [0.5, 0.6) is 5.88 Å². The van der Waals surface area contributed by atoms with E-state index in [4.69, 9.17) is 14.9 Å². The van der Waals surface area contributed by atoms with Crippen LogP contribution in [0.3, 0.4) is 0 Å². The van der Waals surface area contributed by atoms with Gasteiger partial charge in [0.1, 0.15) is 12.7 Å². The Labute approximate surface area is 152 Å². The minimum atomic E-state index is -0.873. The Morgan fingerprint density at radius 1 is 1.04 bits per heavy atom. The Morgan fingerprint density at radius 3 is 2.12 bits per heavy atom. The molecule has 6 heteroatoms. The fourth-order valence-corrected chi connectivity index (χ4v) is 1.43. The van der Waals surface area contributed by atoms with Gasteiger partial charge >= 0.3 is 0 Å². The monoisotopic (exact) mass is 351 g/mol. The quantitative estimate of drug-likeness (QED) is 0.879. The van der Waals surface area contributed by atoms with Gasteiger partial charge in [-0.1, -0.05) is 27.7 Å². The van der Waals surface area contributed by atoms with Gasteiger partial charge in [-0.05, 0) is 38.5 Å². The van der Waals surface area contributed by atoms with E-state index in [0.717, 1.165) is 11.4 Å². The molecule has 0 aromatic carbocycles. The first-order chi connectivity index (χ1) is 12.0. The molecule has 0 saturated carbocycles. The van der Waals surface area contributed by atoms with E-state index < -0.39 is 6.10 Å². The Kier molecular flexibility index (Phi) is 16.9. The molecule has 0 bridgehead atoms. The Bertz CT molecular complexity index is 534. The van der Waals surface area contributed by atoms with Crippen LogP contribution in [0.15, 0.2) is 30.7 Å². The second kappa shape index (κ2) is 16.8. The number of nitrogens with zero attached hydrogens (tertiary/aromatic N) is 3. The number of aliphatic hydroxyl groups is 2. The minimum absolute atomic E-state index is 0.0225. The molecule has 6 nitrogen and oxygen atoms in total. The summed E-state index contributed by atoms with van der Waals surface area (Å²) in [6.07, 6.45) is 4.01. The van der Waals surface area contributed by atoms with Gasteiger partial charge in [0.15, 0.2) is 0 Å². The third-order valence-corrected chi connectivity index (χ3v) is 2.42. The van der Waals surface area contributed by atoms with Crippen molar-refractivity contribution in [2.45, 2.75) is 54.6 Å². The van der Waals surface area contributed by atoms with E-state index in [0.29, 0.717) is 5.88 Å². The number of hydrogen-bond acceptors (Lipinski definition) is 6. The van der Waals surface area contributed by atoms with Gasteiger partial charge in [-0.25, -0.2) is 4.98 Å². The molecule has 142 valence electrons. The van der Waals surface area contributed by atoms with E-state index in [-0.39, 0.29) is 13.2 Å². The zero-order valence-corrected chi connectivity index (χ0v) is 16.5. The van der Waals surface area contributed by atoms with Crippen molar-refractivity contribution < 1.29 is 14.9 Å². The highest BCUT2D eigenvalue weighted by Gasteiger charge is 2.03. The zero-order valence-electron chi connectivity index (χ0n) is 16.5. The molecule has 2 heterocycles. The van der Waals surface area contributed by atoms with Crippen LogP contribution < -0.4 is 4.74 Å². The van der Waals surface area contributed by atoms with Gasteiger partial charge in [-0.3, -0.25) is 9.97 Å². The SMILES string of the molecule is CC.CC.Cc1ccnc(C)c1.Cc1cncc(OCC(O)CO)n1. The number of rotatable bonds is 4. The van der Waals surface area contributed by atoms with Crippen molar-refractivity contribution in [3.63, 3.8) is 0 Å². The number of ether oxygens (including phenoxy) is 1. The molecule has 2 rings (SSSR count). The second-order valence-corrected chi connectivity index (χ2v) is 4.62. The zero-order chi connectivity index (χ0) is 19.7. The summed E-state index contributed by atoms with van der Waals surface area (Å²) in [5.74, 6) is 0.354. The number of aromatic nitrogens is 3. The van der Waals surface area contributed by atoms with Crippen molar-refractivity contribution in [2.75, 3.05) is 13.2 Å². The molecule has 0 aliphatic rings. The first-order valence-electron chi connectivity index (χ1n) is 8.61. The van der Waals surface area contributed by atoms with Crippen LogP contribution in [0.2, 0.25) is 0 Å². The van der Waals surface area contributed by atoms with Crippen molar-refractivity contribution in [1.29, 1.82) is 0 Å². The van der Waals surface area contributed by atoms with Gasteiger partial charge in [0, 0.05) is 18.1 Å². The van der Waals surface area contributed by atoms with Crippen molar-refractivity contribution in [3.05, 3.63) is 47.7 Å². The van der Waals surface area contributed by atoms with Crippen molar-refractivity contribution in [2.24, 2.45) is 0 Å². The third-order valence-electron chi connectivity index (χ3n) is 2.42. The summed E-state index contributed by atoms with van der Waals surface area (Å²) < 4.78 is 5.06. The molecule has 0 aliphatic carbocycles. The molecular weight excluding hydrogens is 318 g/mol. The maximum atomic E-state index is 8.97. The van der Waals surface area contributed by atoms with E-state index in [9.17, 15) is 0 Å². The van der Waals surface area contributed by atoms with Crippen molar-refractivity contribution in [3.8, 4) is 5.88 Å². The maximum absolute atomic E-state index is 8.97. The molecule has 0 amide bonds. The molecule has 0 spiro atoms. The molecule has 1 unspecified atom stereocenters. The predicted octanol–water partition coefficient (Wildman–Crippen LogP) is 3.27. The van der Waals surface area contributed by atoms with E-state index in [2.05, 4.69) is 27.9 Å². The molecule has 0 radical (unpaired) electrons. The Balaban J connectivity index is 0. The van der Waals surface area contributed by atoms with Gasteiger partial charge in [0.25, 0.3) is 0 Å². The van der Waals surface area contributed by atoms with Crippen LogP contribution in [0.1, 0.15) is 44.6 Å². The number of hydrogen-bond donors (Lipinski definition) is 2. The lowest BCUT2D eigenvalue weighted by atomic mass is 10.3. The topological polar surface area (TPSA) is 88.4 Å². The van der Waals surface area contributed by atoms with Gasteiger partial charge in [0.2, 0.25) is 5.88 Å². The highest BCUT2D eigenvalue weighted by molar-refractivity contribution is 5.12. The molecule has 0 aliphatic heterocycles. The lowest BCUT2D eigenvalue weighted by Crippen LogP contribution is -2.21. The van der Waals surface area contributed by atoms with Crippen LogP contribution >= 0.6 is 0 Å².